The van der Waals surface area contributed by atoms with E-state index in [1.165, 1.54) is 0 Å². The molecule has 1 aliphatic carbocycles. The summed E-state index contributed by atoms with van der Waals surface area (Å²) >= 11 is 0. The molecule has 0 radical (unpaired) electrons. The predicted molar refractivity (Wildman–Crippen MR) is 59.2 cm³/mol. The minimum Gasteiger partial charge on any atom is -0.298 e. The Morgan fingerprint density at radius 1 is 1.43 bits per heavy atom. The molecule has 0 aromatic carbocycles. The minimum atomic E-state index is 0.431. The summed E-state index contributed by atoms with van der Waals surface area (Å²) in [5.41, 5.74) is 0.806. The standard InChI is InChI=1S/C12H19NO/c1-4-13(5-2)12-7-6-11(9-14)8-10(12)3/h6-10,12H,4-5H2,1-3H3. The maximum absolute atomic E-state index is 10.6. The highest BCUT2D eigenvalue weighted by Crippen LogP contribution is 2.20. The molecule has 0 aromatic rings. The van der Waals surface area contributed by atoms with Crippen molar-refractivity contribution in [2.24, 2.45) is 5.92 Å². The highest BCUT2D eigenvalue weighted by atomic mass is 16.1. The molecule has 0 fully saturated rings. The molecule has 2 atom stereocenters. The largest absolute Gasteiger partial charge is 0.298 e. The summed E-state index contributed by atoms with van der Waals surface area (Å²) in [6.45, 7) is 8.61. The summed E-state index contributed by atoms with van der Waals surface area (Å²) in [6.07, 6.45) is 7.04. The fraction of sp³-hybridized carbons (Fsp3) is 0.583. The number of carbonyl (C=O) groups excluding carboxylic acids is 1. The molecule has 0 N–H and O–H groups in total. The fourth-order valence-corrected chi connectivity index (χ4v) is 2.02. The van der Waals surface area contributed by atoms with Crippen LogP contribution in [-0.2, 0) is 4.79 Å². The van der Waals surface area contributed by atoms with Gasteiger partial charge < -0.3 is 0 Å². The van der Waals surface area contributed by atoms with Gasteiger partial charge in [0.1, 0.15) is 6.29 Å². The summed E-state index contributed by atoms with van der Waals surface area (Å²) in [5.74, 6) is 0.431. The summed E-state index contributed by atoms with van der Waals surface area (Å²) < 4.78 is 0. The lowest BCUT2D eigenvalue weighted by Crippen LogP contribution is -2.38. The Morgan fingerprint density at radius 2 is 2.07 bits per heavy atom. The van der Waals surface area contributed by atoms with Gasteiger partial charge in [-0.15, -0.1) is 0 Å². The summed E-state index contributed by atoms with van der Waals surface area (Å²) in [5, 5.41) is 0. The van der Waals surface area contributed by atoms with Crippen molar-refractivity contribution in [3.63, 3.8) is 0 Å². The van der Waals surface area contributed by atoms with E-state index in [1.807, 2.05) is 6.08 Å². The Labute approximate surface area is 86.3 Å². The van der Waals surface area contributed by atoms with Gasteiger partial charge in [-0.1, -0.05) is 39.0 Å². The van der Waals surface area contributed by atoms with Crippen LogP contribution in [0.5, 0.6) is 0 Å². The fourth-order valence-electron chi connectivity index (χ4n) is 2.02. The van der Waals surface area contributed by atoms with Gasteiger partial charge in [0, 0.05) is 11.6 Å². The van der Waals surface area contributed by atoms with Gasteiger partial charge in [-0.05, 0) is 19.0 Å². The van der Waals surface area contributed by atoms with E-state index in [0.717, 1.165) is 24.9 Å². The number of aldehydes is 1. The Kier molecular flexibility index (Phi) is 4.08. The third-order valence-electron chi connectivity index (χ3n) is 2.85. The van der Waals surface area contributed by atoms with Crippen LogP contribution < -0.4 is 0 Å². The lowest BCUT2D eigenvalue weighted by Gasteiger charge is -2.32. The second kappa shape index (κ2) is 5.11. The van der Waals surface area contributed by atoms with Crippen LogP contribution in [0.25, 0.3) is 0 Å². The van der Waals surface area contributed by atoms with Crippen LogP contribution in [-0.4, -0.2) is 30.3 Å². The van der Waals surface area contributed by atoms with Crippen molar-refractivity contribution in [1.82, 2.24) is 4.90 Å². The van der Waals surface area contributed by atoms with Crippen LogP contribution in [0.1, 0.15) is 20.8 Å². The van der Waals surface area contributed by atoms with E-state index in [0.29, 0.717) is 12.0 Å². The first-order valence-corrected chi connectivity index (χ1v) is 5.32. The highest BCUT2D eigenvalue weighted by Gasteiger charge is 2.20. The number of hydrogen-bond acceptors (Lipinski definition) is 2. The molecule has 0 saturated heterocycles. The molecule has 0 amide bonds. The van der Waals surface area contributed by atoms with Crippen LogP contribution in [0, 0.1) is 5.92 Å². The lowest BCUT2D eigenvalue weighted by atomic mass is 9.92. The zero-order valence-corrected chi connectivity index (χ0v) is 9.23. The molecule has 0 bridgehead atoms. The third-order valence-corrected chi connectivity index (χ3v) is 2.85. The van der Waals surface area contributed by atoms with Gasteiger partial charge in [0.15, 0.2) is 0 Å². The van der Waals surface area contributed by atoms with Crippen LogP contribution in [0.2, 0.25) is 0 Å². The molecule has 0 spiro atoms. The summed E-state index contributed by atoms with van der Waals surface area (Å²) in [4.78, 5) is 13.0. The van der Waals surface area contributed by atoms with Gasteiger partial charge in [0.2, 0.25) is 0 Å². The Hall–Kier alpha value is -0.890. The van der Waals surface area contributed by atoms with Crippen molar-refractivity contribution >= 4 is 6.29 Å². The van der Waals surface area contributed by atoms with E-state index in [4.69, 9.17) is 0 Å². The van der Waals surface area contributed by atoms with Crippen molar-refractivity contribution in [2.75, 3.05) is 13.1 Å². The van der Waals surface area contributed by atoms with Crippen LogP contribution in [0.4, 0.5) is 0 Å². The molecule has 2 unspecified atom stereocenters. The number of allylic oxidation sites excluding steroid dienone is 2. The van der Waals surface area contributed by atoms with E-state index in [9.17, 15) is 4.79 Å². The third kappa shape index (κ3) is 2.32. The molecule has 0 aromatic heterocycles. The molecule has 1 rings (SSSR count). The van der Waals surface area contributed by atoms with Gasteiger partial charge in [-0.25, -0.2) is 0 Å². The van der Waals surface area contributed by atoms with Gasteiger partial charge in [0.25, 0.3) is 0 Å². The number of hydrogen-bond donors (Lipinski definition) is 0. The molecule has 2 heteroatoms. The molecule has 0 aliphatic heterocycles. The Bertz CT molecular complexity index is 251. The first kappa shape index (κ1) is 11.2. The van der Waals surface area contributed by atoms with E-state index >= 15 is 0 Å². The molecule has 2 nitrogen and oxygen atoms in total. The smallest absolute Gasteiger partial charge is 0.149 e. The SMILES string of the molecule is CCN(CC)C1C=CC(C=O)=CC1C. The summed E-state index contributed by atoms with van der Waals surface area (Å²) in [7, 11) is 0. The van der Waals surface area contributed by atoms with Crippen molar-refractivity contribution < 1.29 is 4.79 Å². The Morgan fingerprint density at radius 3 is 2.50 bits per heavy atom. The van der Waals surface area contributed by atoms with Gasteiger partial charge in [-0.2, -0.15) is 0 Å². The van der Waals surface area contributed by atoms with Crippen LogP contribution in [0.15, 0.2) is 23.8 Å². The lowest BCUT2D eigenvalue weighted by molar-refractivity contribution is -0.104. The van der Waals surface area contributed by atoms with Crippen molar-refractivity contribution in [3.05, 3.63) is 23.8 Å². The molecular weight excluding hydrogens is 174 g/mol. The first-order valence-electron chi connectivity index (χ1n) is 5.32. The van der Waals surface area contributed by atoms with E-state index < -0.39 is 0 Å². The Balaban J connectivity index is 2.72. The van der Waals surface area contributed by atoms with Gasteiger partial charge >= 0.3 is 0 Å². The van der Waals surface area contributed by atoms with E-state index in [-0.39, 0.29) is 0 Å². The molecular formula is C12H19NO. The minimum absolute atomic E-state index is 0.431. The van der Waals surface area contributed by atoms with Gasteiger partial charge in [-0.3, -0.25) is 9.69 Å². The van der Waals surface area contributed by atoms with E-state index in [2.05, 4.69) is 37.8 Å². The van der Waals surface area contributed by atoms with Crippen LogP contribution >= 0.6 is 0 Å². The topological polar surface area (TPSA) is 20.3 Å². The number of carbonyl (C=O) groups is 1. The second-order valence-electron chi connectivity index (χ2n) is 3.71. The number of rotatable bonds is 4. The average Bonchev–Trinajstić information content (AvgIpc) is 2.22. The number of nitrogens with zero attached hydrogens (tertiary/aromatic N) is 1. The quantitative estimate of drug-likeness (QED) is 0.637. The molecule has 0 saturated carbocycles. The highest BCUT2D eigenvalue weighted by molar-refractivity contribution is 5.78. The first-order chi connectivity index (χ1) is 6.72. The van der Waals surface area contributed by atoms with Crippen LogP contribution in [0.3, 0.4) is 0 Å². The van der Waals surface area contributed by atoms with Crippen molar-refractivity contribution in [3.8, 4) is 0 Å². The van der Waals surface area contributed by atoms with Crippen molar-refractivity contribution in [1.29, 1.82) is 0 Å². The second-order valence-corrected chi connectivity index (χ2v) is 3.71. The zero-order valence-electron chi connectivity index (χ0n) is 9.23. The number of likely N-dealkylation sites (N-methyl/N-ethyl adjacent to an activating group) is 1. The normalized spacial score (nSPS) is 26.4. The molecule has 1 aliphatic rings. The van der Waals surface area contributed by atoms with Crippen molar-refractivity contribution in [2.45, 2.75) is 26.8 Å². The van der Waals surface area contributed by atoms with E-state index in [1.54, 1.807) is 0 Å². The summed E-state index contributed by atoms with van der Waals surface area (Å²) in [6, 6.07) is 0.452. The molecule has 14 heavy (non-hydrogen) atoms. The maximum Gasteiger partial charge on any atom is 0.149 e. The zero-order chi connectivity index (χ0) is 10.6. The predicted octanol–water partition coefficient (Wildman–Crippen LogP) is 2.03. The monoisotopic (exact) mass is 193 g/mol. The molecule has 78 valence electrons. The average molecular weight is 193 g/mol. The molecule has 0 heterocycles. The maximum atomic E-state index is 10.6. The van der Waals surface area contributed by atoms with Gasteiger partial charge in [0.05, 0.1) is 0 Å².